The molecule has 0 spiro atoms. The van der Waals surface area contributed by atoms with Crippen LogP contribution in [0.4, 0.5) is 11.6 Å². The SMILES string of the molecule is CC(Nc1nccnc1N)c1cccc(Cl)c1. The van der Waals surface area contributed by atoms with Crippen LogP contribution in [0.1, 0.15) is 18.5 Å². The number of halogens is 1. The maximum atomic E-state index is 5.94. The standard InChI is InChI=1S/C12H13ClN4/c1-8(9-3-2-4-10(13)7-9)17-12-11(14)15-5-6-16-12/h2-8H,1H3,(H2,14,15)(H,16,17). The lowest BCUT2D eigenvalue weighted by atomic mass is 10.1. The Labute approximate surface area is 105 Å². The summed E-state index contributed by atoms with van der Waals surface area (Å²) in [6.07, 6.45) is 3.16. The van der Waals surface area contributed by atoms with Gasteiger partial charge in [0.15, 0.2) is 11.6 Å². The molecule has 88 valence electrons. The quantitative estimate of drug-likeness (QED) is 0.877. The van der Waals surface area contributed by atoms with Crippen molar-refractivity contribution >= 4 is 23.2 Å². The maximum absolute atomic E-state index is 5.94. The lowest BCUT2D eigenvalue weighted by Crippen LogP contribution is -2.10. The second-order valence-electron chi connectivity index (χ2n) is 3.71. The van der Waals surface area contributed by atoms with E-state index in [2.05, 4.69) is 15.3 Å². The van der Waals surface area contributed by atoms with Crippen molar-refractivity contribution in [1.29, 1.82) is 0 Å². The molecule has 0 aliphatic rings. The van der Waals surface area contributed by atoms with Gasteiger partial charge in [0.05, 0.1) is 6.04 Å². The Balaban J connectivity index is 2.17. The largest absolute Gasteiger partial charge is 0.381 e. The number of hydrogen-bond acceptors (Lipinski definition) is 4. The molecule has 1 aromatic heterocycles. The van der Waals surface area contributed by atoms with E-state index in [1.165, 1.54) is 0 Å². The van der Waals surface area contributed by atoms with Crippen molar-refractivity contribution in [2.75, 3.05) is 11.1 Å². The van der Waals surface area contributed by atoms with Crippen molar-refractivity contribution in [1.82, 2.24) is 9.97 Å². The van der Waals surface area contributed by atoms with Gasteiger partial charge in [-0.05, 0) is 24.6 Å². The predicted molar refractivity (Wildman–Crippen MR) is 69.9 cm³/mol. The highest BCUT2D eigenvalue weighted by Gasteiger charge is 2.08. The van der Waals surface area contributed by atoms with E-state index in [0.29, 0.717) is 16.7 Å². The molecule has 1 heterocycles. The minimum atomic E-state index is 0.0627. The highest BCUT2D eigenvalue weighted by atomic mass is 35.5. The average Bonchev–Trinajstić information content (AvgIpc) is 2.32. The summed E-state index contributed by atoms with van der Waals surface area (Å²) in [5.74, 6) is 0.973. The minimum Gasteiger partial charge on any atom is -0.381 e. The van der Waals surface area contributed by atoms with Gasteiger partial charge in [0.1, 0.15) is 0 Å². The molecule has 5 heteroatoms. The van der Waals surface area contributed by atoms with Gasteiger partial charge in [0, 0.05) is 17.4 Å². The molecule has 0 bridgehead atoms. The molecular formula is C12H13ClN4. The lowest BCUT2D eigenvalue weighted by molar-refractivity contribution is 0.873. The molecule has 4 nitrogen and oxygen atoms in total. The van der Waals surface area contributed by atoms with Crippen molar-refractivity contribution in [3.63, 3.8) is 0 Å². The summed E-state index contributed by atoms with van der Waals surface area (Å²) < 4.78 is 0. The highest BCUT2D eigenvalue weighted by Crippen LogP contribution is 2.22. The zero-order chi connectivity index (χ0) is 12.3. The highest BCUT2D eigenvalue weighted by molar-refractivity contribution is 6.30. The first kappa shape index (κ1) is 11.7. The average molecular weight is 249 g/mol. The van der Waals surface area contributed by atoms with Crippen LogP contribution in [0.2, 0.25) is 5.02 Å². The Morgan fingerprint density at radius 3 is 2.76 bits per heavy atom. The lowest BCUT2D eigenvalue weighted by Gasteiger charge is -2.15. The van der Waals surface area contributed by atoms with Gasteiger partial charge in [0.2, 0.25) is 0 Å². The zero-order valence-electron chi connectivity index (χ0n) is 9.39. The molecule has 0 radical (unpaired) electrons. The normalized spacial score (nSPS) is 12.1. The number of hydrogen-bond donors (Lipinski definition) is 2. The van der Waals surface area contributed by atoms with Crippen LogP contribution < -0.4 is 11.1 Å². The van der Waals surface area contributed by atoms with Gasteiger partial charge < -0.3 is 11.1 Å². The molecule has 17 heavy (non-hydrogen) atoms. The monoisotopic (exact) mass is 248 g/mol. The Bertz CT molecular complexity index is 515. The van der Waals surface area contributed by atoms with Crippen molar-refractivity contribution < 1.29 is 0 Å². The van der Waals surface area contributed by atoms with E-state index in [1.807, 2.05) is 31.2 Å². The summed E-state index contributed by atoms with van der Waals surface area (Å²) in [6.45, 7) is 2.01. The van der Waals surface area contributed by atoms with Gasteiger partial charge in [-0.1, -0.05) is 23.7 Å². The van der Waals surface area contributed by atoms with E-state index in [1.54, 1.807) is 12.4 Å². The molecule has 0 aliphatic carbocycles. The van der Waals surface area contributed by atoms with Crippen molar-refractivity contribution in [3.05, 3.63) is 47.2 Å². The van der Waals surface area contributed by atoms with Crippen molar-refractivity contribution in [3.8, 4) is 0 Å². The second kappa shape index (κ2) is 5.01. The van der Waals surface area contributed by atoms with Crippen LogP contribution in [0.3, 0.4) is 0 Å². The van der Waals surface area contributed by atoms with Crippen LogP contribution in [-0.4, -0.2) is 9.97 Å². The van der Waals surface area contributed by atoms with E-state index >= 15 is 0 Å². The summed E-state index contributed by atoms with van der Waals surface area (Å²) in [7, 11) is 0. The van der Waals surface area contributed by atoms with Crippen LogP contribution in [0, 0.1) is 0 Å². The smallest absolute Gasteiger partial charge is 0.169 e. The van der Waals surface area contributed by atoms with Crippen molar-refractivity contribution in [2.24, 2.45) is 0 Å². The first-order valence-electron chi connectivity index (χ1n) is 5.25. The number of nitrogens with two attached hydrogens (primary N) is 1. The third-order valence-electron chi connectivity index (χ3n) is 2.43. The Morgan fingerprint density at radius 2 is 2.06 bits per heavy atom. The summed E-state index contributed by atoms with van der Waals surface area (Å²) in [5.41, 5.74) is 6.79. The Morgan fingerprint density at radius 1 is 1.29 bits per heavy atom. The summed E-state index contributed by atoms with van der Waals surface area (Å²) in [5, 5.41) is 3.91. The number of aromatic nitrogens is 2. The fraction of sp³-hybridized carbons (Fsp3) is 0.167. The first-order chi connectivity index (χ1) is 8.16. The third kappa shape index (κ3) is 2.85. The van der Waals surface area contributed by atoms with E-state index in [9.17, 15) is 0 Å². The fourth-order valence-electron chi connectivity index (χ4n) is 1.52. The van der Waals surface area contributed by atoms with Gasteiger partial charge in [-0.25, -0.2) is 9.97 Å². The molecule has 0 saturated carbocycles. The predicted octanol–water partition coefficient (Wildman–Crippen LogP) is 2.89. The number of rotatable bonds is 3. The Hall–Kier alpha value is -1.81. The van der Waals surface area contributed by atoms with Gasteiger partial charge in [0.25, 0.3) is 0 Å². The maximum Gasteiger partial charge on any atom is 0.169 e. The van der Waals surface area contributed by atoms with Gasteiger partial charge >= 0.3 is 0 Å². The van der Waals surface area contributed by atoms with Gasteiger partial charge in [-0.3, -0.25) is 0 Å². The van der Waals surface area contributed by atoms with Crippen LogP contribution in [0.25, 0.3) is 0 Å². The van der Waals surface area contributed by atoms with E-state index < -0.39 is 0 Å². The van der Waals surface area contributed by atoms with Crippen LogP contribution in [-0.2, 0) is 0 Å². The number of nitrogen functional groups attached to an aromatic ring is 1. The Kier molecular flexibility index (Phi) is 3.44. The van der Waals surface area contributed by atoms with Crippen LogP contribution in [0.15, 0.2) is 36.7 Å². The molecule has 1 atom stereocenters. The number of benzene rings is 1. The van der Waals surface area contributed by atoms with Gasteiger partial charge in [-0.15, -0.1) is 0 Å². The summed E-state index contributed by atoms with van der Waals surface area (Å²) in [6, 6.07) is 7.72. The molecule has 0 aliphatic heterocycles. The number of anilines is 2. The fourth-order valence-corrected chi connectivity index (χ4v) is 1.72. The second-order valence-corrected chi connectivity index (χ2v) is 4.15. The minimum absolute atomic E-state index is 0.0627. The third-order valence-corrected chi connectivity index (χ3v) is 2.66. The van der Waals surface area contributed by atoms with Gasteiger partial charge in [-0.2, -0.15) is 0 Å². The molecule has 1 aromatic carbocycles. The molecule has 0 saturated heterocycles. The number of nitrogens with one attached hydrogen (secondary N) is 1. The van der Waals surface area contributed by atoms with Crippen LogP contribution in [0.5, 0.6) is 0 Å². The van der Waals surface area contributed by atoms with Crippen LogP contribution >= 0.6 is 11.6 Å². The van der Waals surface area contributed by atoms with E-state index in [-0.39, 0.29) is 6.04 Å². The summed E-state index contributed by atoms with van der Waals surface area (Å²) >= 11 is 5.94. The number of nitrogens with zero attached hydrogens (tertiary/aromatic N) is 2. The van der Waals surface area contributed by atoms with E-state index in [4.69, 9.17) is 17.3 Å². The molecular weight excluding hydrogens is 236 g/mol. The molecule has 0 amide bonds. The molecule has 1 unspecified atom stereocenters. The summed E-state index contributed by atoms with van der Waals surface area (Å²) in [4.78, 5) is 8.10. The molecule has 0 fully saturated rings. The molecule has 2 rings (SSSR count). The topological polar surface area (TPSA) is 63.8 Å². The zero-order valence-corrected chi connectivity index (χ0v) is 10.1. The van der Waals surface area contributed by atoms with Crippen molar-refractivity contribution in [2.45, 2.75) is 13.0 Å². The first-order valence-corrected chi connectivity index (χ1v) is 5.63. The van der Waals surface area contributed by atoms with E-state index in [0.717, 1.165) is 5.56 Å². The molecule has 2 aromatic rings. The molecule has 3 N–H and O–H groups in total.